The van der Waals surface area contributed by atoms with Crippen LogP contribution in [-0.4, -0.2) is 35.6 Å². The highest BCUT2D eigenvalue weighted by Gasteiger charge is 2.24. The monoisotopic (exact) mass is 338 g/mol. The van der Waals surface area contributed by atoms with Crippen LogP contribution in [0.5, 0.6) is 0 Å². The Morgan fingerprint density at radius 3 is 2.74 bits per heavy atom. The van der Waals surface area contributed by atoms with Crippen LogP contribution in [-0.2, 0) is 17.6 Å². The smallest absolute Gasteiger partial charge is 0.261 e. The molecule has 3 N–H and O–H groups in total. The standard InChI is InChI=1S/C17H26N2O3S/c1-3-17(2,8-9-20)19-15(21)11-18-16(22)14-10-12-6-4-5-7-13(12)23-14/h10,20H,3-9,11H2,1-2H3,(H,18,22)(H,19,21). The number of carbonyl (C=O) groups is 2. The Kier molecular flexibility index (Phi) is 6.18. The van der Waals surface area contributed by atoms with Crippen molar-refractivity contribution in [2.24, 2.45) is 0 Å². The van der Waals surface area contributed by atoms with Crippen LogP contribution < -0.4 is 10.6 Å². The Morgan fingerprint density at radius 1 is 1.35 bits per heavy atom. The van der Waals surface area contributed by atoms with Gasteiger partial charge in [-0.2, -0.15) is 0 Å². The van der Waals surface area contributed by atoms with Crippen molar-refractivity contribution in [3.05, 3.63) is 21.4 Å². The van der Waals surface area contributed by atoms with Crippen molar-refractivity contribution in [2.45, 2.75) is 57.9 Å². The summed E-state index contributed by atoms with van der Waals surface area (Å²) in [5.74, 6) is -0.405. The van der Waals surface area contributed by atoms with Gasteiger partial charge in [-0.3, -0.25) is 9.59 Å². The van der Waals surface area contributed by atoms with E-state index in [1.165, 1.54) is 23.3 Å². The molecule has 0 aliphatic heterocycles. The highest BCUT2D eigenvalue weighted by Crippen LogP contribution is 2.29. The Morgan fingerprint density at radius 2 is 2.09 bits per heavy atom. The average molecular weight is 338 g/mol. The lowest BCUT2D eigenvalue weighted by Crippen LogP contribution is -2.49. The zero-order valence-electron chi connectivity index (χ0n) is 13.9. The van der Waals surface area contributed by atoms with E-state index in [1.807, 2.05) is 19.9 Å². The predicted molar refractivity (Wildman–Crippen MR) is 91.8 cm³/mol. The maximum Gasteiger partial charge on any atom is 0.261 e. The summed E-state index contributed by atoms with van der Waals surface area (Å²) in [5, 5.41) is 14.7. The van der Waals surface area contributed by atoms with E-state index in [4.69, 9.17) is 5.11 Å². The minimum absolute atomic E-state index is 0.0255. The fourth-order valence-electron chi connectivity index (χ4n) is 2.81. The number of hydrogen-bond donors (Lipinski definition) is 3. The molecule has 1 aromatic heterocycles. The first-order valence-corrected chi connectivity index (χ1v) is 9.10. The minimum Gasteiger partial charge on any atom is -0.396 e. The van der Waals surface area contributed by atoms with Gasteiger partial charge in [0, 0.05) is 17.0 Å². The van der Waals surface area contributed by atoms with Gasteiger partial charge in [0.1, 0.15) is 0 Å². The second kappa shape index (κ2) is 7.93. The van der Waals surface area contributed by atoms with Crippen LogP contribution in [0.15, 0.2) is 6.07 Å². The Labute approximate surface area is 141 Å². The number of carbonyl (C=O) groups excluding carboxylic acids is 2. The molecule has 0 spiro atoms. The molecule has 1 heterocycles. The maximum absolute atomic E-state index is 12.2. The van der Waals surface area contributed by atoms with Crippen molar-refractivity contribution in [1.82, 2.24) is 10.6 Å². The molecule has 128 valence electrons. The van der Waals surface area contributed by atoms with Gasteiger partial charge in [0.25, 0.3) is 5.91 Å². The second-order valence-corrected chi connectivity index (χ2v) is 7.52. The number of amides is 2. The van der Waals surface area contributed by atoms with Crippen LogP contribution in [0.25, 0.3) is 0 Å². The first kappa shape index (κ1) is 17.9. The van der Waals surface area contributed by atoms with E-state index in [2.05, 4.69) is 10.6 Å². The van der Waals surface area contributed by atoms with E-state index in [1.54, 1.807) is 11.3 Å². The molecule has 23 heavy (non-hydrogen) atoms. The van der Waals surface area contributed by atoms with Gasteiger partial charge < -0.3 is 15.7 Å². The van der Waals surface area contributed by atoms with Crippen LogP contribution in [0.3, 0.4) is 0 Å². The summed E-state index contributed by atoms with van der Waals surface area (Å²) in [4.78, 5) is 26.2. The van der Waals surface area contributed by atoms with Crippen LogP contribution >= 0.6 is 11.3 Å². The topological polar surface area (TPSA) is 78.4 Å². The summed E-state index contributed by atoms with van der Waals surface area (Å²) < 4.78 is 0. The molecule has 5 nitrogen and oxygen atoms in total. The van der Waals surface area contributed by atoms with Gasteiger partial charge in [-0.05, 0) is 57.1 Å². The van der Waals surface area contributed by atoms with E-state index in [9.17, 15) is 9.59 Å². The predicted octanol–water partition coefficient (Wildman–Crippen LogP) is 2.02. The normalized spacial score (nSPS) is 16.3. The van der Waals surface area contributed by atoms with E-state index in [-0.39, 0.29) is 25.0 Å². The van der Waals surface area contributed by atoms with Gasteiger partial charge >= 0.3 is 0 Å². The molecule has 0 saturated carbocycles. The van der Waals surface area contributed by atoms with Gasteiger partial charge in [0.2, 0.25) is 5.91 Å². The maximum atomic E-state index is 12.2. The summed E-state index contributed by atoms with van der Waals surface area (Å²) in [5.41, 5.74) is 0.857. The SMILES string of the molecule is CCC(C)(CCO)NC(=O)CNC(=O)c1cc2c(s1)CCCC2. The van der Waals surface area contributed by atoms with Crippen molar-refractivity contribution in [3.63, 3.8) is 0 Å². The molecule has 1 aliphatic rings. The molecule has 6 heteroatoms. The molecule has 0 saturated heterocycles. The van der Waals surface area contributed by atoms with Crippen molar-refractivity contribution in [2.75, 3.05) is 13.2 Å². The third kappa shape index (κ3) is 4.78. The molecular formula is C17H26N2O3S. The van der Waals surface area contributed by atoms with Crippen LogP contribution in [0, 0.1) is 0 Å². The quantitative estimate of drug-likeness (QED) is 0.712. The molecule has 0 radical (unpaired) electrons. The van der Waals surface area contributed by atoms with Crippen LogP contribution in [0.1, 0.15) is 59.6 Å². The van der Waals surface area contributed by atoms with Gasteiger partial charge in [0.05, 0.1) is 11.4 Å². The molecule has 1 aromatic rings. The van der Waals surface area contributed by atoms with Gasteiger partial charge in [0.15, 0.2) is 0 Å². The van der Waals surface area contributed by atoms with E-state index < -0.39 is 5.54 Å². The summed E-state index contributed by atoms with van der Waals surface area (Å²) in [7, 11) is 0. The Bertz CT molecular complexity index is 547. The molecule has 0 fully saturated rings. The zero-order chi connectivity index (χ0) is 16.9. The summed E-state index contributed by atoms with van der Waals surface area (Å²) in [6.07, 6.45) is 5.72. The van der Waals surface area contributed by atoms with Crippen molar-refractivity contribution < 1.29 is 14.7 Å². The van der Waals surface area contributed by atoms with Crippen molar-refractivity contribution >= 4 is 23.2 Å². The molecular weight excluding hydrogens is 312 g/mol. The zero-order valence-corrected chi connectivity index (χ0v) is 14.7. The number of fused-ring (bicyclic) bond motifs is 1. The number of aliphatic hydroxyl groups excluding tert-OH is 1. The second-order valence-electron chi connectivity index (χ2n) is 6.38. The third-order valence-electron chi connectivity index (χ3n) is 4.51. The van der Waals surface area contributed by atoms with Crippen molar-refractivity contribution in [1.29, 1.82) is 0 Å². The molecule has 2 rings (SSSR count). The third-order valence-corrected chi connectivity index (χ3v) is 5.75. The van der Waals surface area contributed by atoms with Crippen LogP contribution in [0.4, 0.5) is 0 Å². The highest BCUT2D eigenvalue weighted by molar-refractivity contribution is 7.14. The number of thiophene rings is 1. The summed E-state index contributed by atoms with van der Waals surface area (Å²) >= 11 is 1.54. The number of rotatable bonds is 7. The fraction of sp³-hybridized carbons (Fsp3) is 0.647. The number of nitrogens with one attached hydrogen (secondary N) is 2. The minimum atomic E-state index is -0.432. The molecule has 0 aromatic carbocycles. The van der Waals surface area contributed by atoms with Gasteiger partial charge in [-0.25, -0.2) is 0 Å². The Hall–Kier alpha value is -1.40. The lowest BCUT2D eigenvalue weighted by Gasteiger charge is -2.29. The number of aliphatic hydroxyl groups is 1. The summed E-state index contributed by atoms with van der Waals surface area (Å²) in [6, 6.07) is 1.97. The first-order chi connectivity index (χ1) is 11.0. The largest absolute Gasteiger partial charge is 0.396 e. The lowest BCUT2D eigenvalue weighted by molar-refractivity contribution is -0.122. The van der Waals surface area contributed by atoms with Crippen LogP contribution in [0.2, 0.25) is 0 Å². The first-order valence-electron chi connectivity index (χ1n) is 8.29. The molecule has 0 bridgehead atoms. The Balaban J connectivity index is 1.86. The molecule has 1 unspecified atom stereocenters. The van der Waals surface area contributed by atoms with E-state index >= 15 is 0 Å². The van der Waals surface area contributed by atoms with E-state index in [0.717, 1.165) is 19.3 Å². The number of hydrogen-bond acceptors (Lipinski definition) is 4. The molecule has 1 aliphatic carbocycles. The van der Waals surface area contributed by atoms with E-state index in [0.29, 0.717) is 11.3 Å². The highest BCUT2D eigenvalue weighted by atomic mass is 32.1. The summed E-state index contributed by atoms with van der Waals surface area (Å²) in [6.45, 7) is 3.85. The van der Waals surface area contributed by atoms with Gasteiger partial charge in [-0.1, -0.05) is 6.92 Å². The fourth-order valence-corrected chi connectivity index (χ4v) is 3.98. The molecule has 2 amide bonds. The van der Waals surface area contributed by atoms with Gasteiger partial charge in [-0.15, -0.1) is 11.3 Å². The van der Waals surface area contributed by atoms with Crippen molar-refractivity contribution in [3.8, 4) is 0 Å². The molecule has 1 atom stereocenters. The lowest BCUT2D eigenvalue weighted by atomic mass is 9.95. The number of aryl methyl sites for hydroxylation is 2. The average Bonchev–Trinajstić information content (AvgIpc) is 2.97.